The normalized spacial score (nSPS) is 12.3. The number of fused-ring (bicyclic) bond motifs is 3. The van der Waals surface area contributed by atoms with Gasteiger partial charge in [0.2, 0.25) is 0 Å². The van der Waals surface area contributed by atoms with E-state index in [-0.39, 0.29) is 28.2 Å². The average Bonchev–Trinajstić information content (AvgIpc) is 3.16. The van der Waals surface area contributed by atoms with Gasteiger partial charge < -0.3 is 4.90 Å². The largest absolute Gasteiger partial charge is 0.404 e. The molecule has 0 saturated carbocycles. The van der Waals surface area contributed by atoms with E-state index in [4.69, 9.17) is 0 Å². The van der Waals surface area contributed by atoms with Gasteiger partial charge in [0.05, 0.1) is 17.4 Å². The molecule has 2 heterocycles. The maximum atomic E-state index is 15.0. The lowest BCUT2D eigenvalue weighted by Crippen LogP contribution is -2.30. The molecule has 0 aliphatic rings. The molecule has 182 valence electrons. The van der Waals surface area contributed by atoms with Crippen LogP contribution in [0.5, 0.6) is 0 Å². The van der Waals surface area contributed by atoms with Crippen LogP contribution >= 0.6 is 0 Å². The number of hydrogen-bond donors (Lipinski definition) is 0. The highest BCUT2D eigenvalue weighted by molar-refractivity contribution is 5.94. The molecule has 0 spiro atoms. The summed E-state index contributed by atoms with van der Waals surface area (Å²) in [6.07, 6.45) is -7.39. The van der Waals surface area contributed by atoms with E-state index in [2.05, 4.69) is 27.0 Å². The molecule has 0 amide bonds. The van der Waals surface area contributed by atoms with E-state index in [1.807, 2.05) is 0 Å². The number of alkyl halides is 5. The van der Waals surface area contributed by atoms with Gasteiger partial charge in [0, 0.05) is 11.3 Å². The van der Waals surface area contributed by atoms with Gasteiger partial charge in [-0.25, -0.2) is 13.2 Å². The smallest absolute Gasteiger partial charge is 0.320 e. The second kappa shape index (κ2) is 8.76. The summed E-state index contributed by atoms with van der Waals surface area (Å²) in [7, 11) is 0. The van der Waals surface area contributed by atoms with Crippen LogP contribution in [0.3, 0.4) is 0 Å². The van der Waals surface area contributed by atoms with Crippen LogP contribution in [0.25, 0.3) is 16.7 Å². The second-order valence-corrected chi connectivity index (χ2v) is 8.38. The van der Waals surface area contributed by atoms with Crippen LogP contribution in [0.15, 0.2) is 42.5 Å². The highest BCUT2D eigenvalue weighted by Crippen LogP contribution is 2.37. The van der Waals surface area contributed by atoms with Crippen LogP contribution in [-0.4, -0.2) is 38.7 Å². The van der Waals surface area contributed by atoms with E-state index >= 15 is 4.39 Å². The minimum Gasteiger partial charge on any atom is -0.320 e. The van der Waals surface area contributed by atoms with Crippen molar-refractivity contribution in [1.29, 1.82) is 0 Å². The number of aromatic nitrogens is 4. The van der Waals surface area contributed by atoms with Crippen LogP contribution in [0.4, 0.5) is 37.8 Å². The first-order valence-corrected chi connectivity index (χ1v) is 10.4. The number of rotatable bonds is 4. The van der Waals surface area contributed by atoms with Crippen molar-refractivity contribution in [2.75, 3.05) is 11.4 Å². The monoisotopic (exact) mass is 491 g/mol. The SMILES string of the molecule is Cc1nnc2nc(N(CC(F)F)c3cccc(C#CC(C)(C)C(F)(F)F)c3)c3c(F)cccc3n12. The Kier molecular flexibility index (Phi) is 6.09. The van der Waals surface area contributed by atoms with Crippen molar-refractivity contribution in [2.24, 2.45) is 5.41 Å². The lowest BCUT2D eigenvalue weighted by molar-refractivity contribution is -0.190. The molecule has 0 aliphatic carbocycles. The summed E-state index contributed by atoms with van der Waals surface area (Å²) in [5.74, 6) is 4.35. The van der Waals surface area contributed by atoms with Gasteiger partial charge in [-0.1, -0.05) is 24.0 Å². The number of anilines is 2. The molecule has 0 N–H and O–H groups in total. The number of aryl methyl sites for hydroxylation is 1. The molecule has 0 saturated heterocycles. The van der Waals surface area contributed by atoms with Crippen molar-refractivity contribution in [3.8, 4) is 11.8 Å². The van der Waals surface area contributed by atoms with Crippen molar-refractivity contribution < 1.29 is 26.3 Å². The fraction of sp³-hybridized carbons (Fsp3) is 0.292. The Morgan fingerprint density at radius 1 is 1.06 bits per heavy atom. The molecule has 4 aromatic rings. The van der Waals surface area contributed by atoms with Crippen molar-refractivity contribution in [1.82, 2.24) is 19.6 Å². The van der Waals surface area contributed by atoms with Crippen LogP contribution < -0.4 is 4.90 Å². The molecule has 5 nitrogen and oxygen atoms in total. The molecule has 0 fully saturated rings. The quantitative estimate of drug-likeness (QED) is 0.257. The Morgan fingerprint density at radius 3 is 2.46 bits per heavy atom. The van der Waals surface area contributed by atoms with Gasteiger partial charge in [-0.3, -0.25) is 4.40 Å². The third-order valence-corrected chi connectivity index (χ3v) is 5.43. The molecule has 2 aromatic heterocycles. The summed E-state index contributed by atoms with van der Waals surface area (Å²) in [5, 5.41) is 7.86. The van der Waals surface area contributed by atoms with Crippen LogP contribution in [0, 0.1) is 30.0 Å². The lowest BCUT2D eigenvalue weighted by atomic mass is 9.93. The molecule has 35 heavy (non-hydrogen) atoms. The topological polar surface area (TPSA) is 46.3 Å². The Labute approximate surface area is 196 Å². The molecule has 0 atom stereocenters. The summed E-state index contributed by atoms with van der Waals surface area (Å²) in [5.41, 5.74) is -1.62. The summed E-state index contributed by atoms with van der Waals surface area (Å²) in [6, 6.07) is 9.99. The first-order valence-electron chi connectivity index (χ1n) is 10.4. The maximum absolute atomic E-state index is 15.0. The van der Waals surface area contributed by atoms with Gasteiger partial charge in [-0.2, -0.15) is 18.2 Å². The van der Waals surface area contributed by atoms with Crippen LogP contribution in [0.2, 0.25) is 0 Å². The predicted molar refractivity (Wildman–Crippen MR) is 119 cm³/mol. The Morgan fingerprint density at radius 2 is 1.77 bits per heavy atom. The molecular formula is C24H19F6N5. The zero-order valence-electron chi connectivity index (χ0n) is 18.8. The number of hydrogen-bond acceptors (Lipinski definition) is 4. The maximum Gasteiger partial charge on any atom is 0.404 e. The summed E-state index contributed by atoms with van der Waals surface area (Å²) >= 11 is 0. The van der Waals surface area contributed by atoms with Crippen LogP contribution in [0.1, 0.15) is 25.2 Å². The first-order chi connectivity index (χ1) is 16.4. The molecule has 11 heteroatoms. The third kappa shape index (κ3) is 4.60. The van der Waals surface area contributed by atoms with Gasteiger partial charge in [-0.05, 0) is 51.1 Å². The van der Waals surface area contributed by atoms with E-state index in [1.54, 1.807) is 13.0 Å². The van der Waals surface area contributed by atoms with E-state index in [0.29, 0.717) is 11.3 Å². The van der Waals surface area contributed by atoms with Crippen molar-refractivity contribution >= 4 is 28.2 Å². The van der Waals surface area contributed by atoms with Gasteiger partial charge in [0.25, 0.3) is 12.2 Å². The van der Waals surface area contributed by atoms with E-state index < -0.39 is 30.4 Å². The third-order valence-electron chi connectivity index (χ3n) is 5.43. The minimum absolute atomic E-state index is 0.0294. The van der Waals surface area contributed by atoms with Crippen molar-refractivity contribution in [2.45, 2.75) is 33.4 Å². The standard InChI is InChI=1S/C24H19F6N5/c1-14-32-33-22-31-21(20-17(25)8-5-9-18(20)35(14)22)34(13-19(26)27)16-7-4-6-15(12-16)10-11-23(2,3)24(28,29)30/h4-9,12,19H,13H2,1-3H3. The lowest BCUT2D eigenvalue weighted by Gasteiger charge is -2.25. The molecular weight excluding hydrogens is 472 g/mol. The fourth-order valence-corrected chi connectivity index (χ4v) is 3.48. The average molecular weight is 491 g/mol. The highest BCUT2D eigenvalue weighted by atomic mass is 19.4. The van der Waals surface area contributed by atoms with Gasteiger partial charge in [-0.15, -0.1) is 10.2 Å². The second-order valence-electron chi connectivity index (χ2n) is 8.38. The zero-order chi connectivity index (χ0) is 25.5. The summed E-state index contributed by atoms with van der Waals surface area (Å²) < 4.78 is 83.4. The number of benzene rings is 2. The molecule has 2 aromatic carbocycles. The van der Waals surface area contributed by atoms with Crippen LogP contribution in [-0.2, 0) is 0 Å². The van der Waals surface area contributed by atoms with Gasteiger partial charge in [0.1, 0.15) is 22.9 Å². The highest BCUT2D eigenvalue weighted by Gasteiger charge is 2.46. The van der Waals surface area contributed by atoms with E-state index in [0.717, 1.165) is 18.7 Å². The molecule has 4 rings (SSSR count). The first kappa shape index (κ1) is 24.3. The van der Waals surface area contributed by atoms with Gasteiger partial charge in [0.15, 0.2) is 0 Å². The van der Waals surface area contributed by atoms with E-state index in [9.17, 15) is 22.0 Å². The zero-order valence-corrected chi connectivity index (χ0v) is 18.8. The summed E-state index contributed by atoms with van der Waals surface area (Å²) in [4.78, 5) is 5.42. The Hall–Kier alpha value is -3.81. The predicted octanol–water partition coefficient (Wildman–Crippen LogP) is 6.07. The number of nitrogens with zero attached hydrogens (tertiary/aromatic N) is 5. The number of halogens is 6. The minimum atomic E-state index is -4.55. The van der Waals surface area contributed by atoms with Crippen molar-refractivity contribution in [3.05, 3.63) is 59.7 Å². The van der Waals surface area contributed by atoms with Gasteiger partial charge >= 0.3 is 6.18 Å². The van der Waals surface area contributed by atoms with Crippen molar-refractivity contribution in [3.63, 3.8) is 0 Å². The molecule has 0 radical (unpaired) electrons. The molecule has 0 unspecified atom stereocenters. The van der Waals surface area contributed by atoms with E-state index in [1.165, 1.54) is 40.8 Å². The summed E-state index contributed by atoms with van der Waals surface area (Å²) in [6.45, 7) is 2.68. The molecule has 0 aliphatic heterocycles. The Bertz CT molecular complexity index is 1460. The molecule has 0 bridgehead atoms. The fourth-order valence-electron chi connectivity index (χ4n) is 3.48. The Balaban J connectivity index is 1.91.